The average molecular weight is 420 g/mol. The molecule has 138 valence electrons. The van der Waals surface area contributed by atoms with Gasteiger partial charge in [-0.2, -0.15) is 5.10 Å². The number of carbonyl (C=O) groups is 1. The van der Waals surface area contributed by atoms with E-state index in [1.165, 1.54) is 18.0 Å². The summed E-state index contributed by atoms with van der Waals surface area (Å²) in [5, 5.41) is 14.1. The fourth-order valence-corrected chi connectivity index (χ4v) is 3.34. The maximum absolute atomic E-state index is 12.0. The van der Waals surface area contributed by atoms with E-state index in [-0.39, 0.29) is 11.7 Å². The molecule has 0 aliphatic rings. The van der Waals surface area contributed by atoms with Gasteiger partial charge in [0.25, 0.3) is 5.91 Å². The number of nitrogens with zero attached hydrogens (tertiary/aromatic N) is 4. The fraction of sp³-hybridized carbons (Fsp3) is 0.111. The predicted molar refractivity (Wildman–Crippen MR) is 109 cm³/mol. The molecule has 0 aliphatic heterocycles. The Morgan fingerprint density at radius 1 is 1.19 bits per heavy atom. The summed E-state index contributed by atoms with van der Waals surface area (Å²) in [5.41, 5.74) is 4.14. The molecule has 3 aromatic rings. The Morgan fingerprint density at radius 3 is 2.67 bits per heavy atom. The van der Waals surface area contributed by atoms with E-state index in [4.69, 9.17) is 23.2 Å². The van der Waals surface area contributed by atoms with Crippen molar-refractivity contribution in [2.24, 2.45) is 12.1 Å². The van der Waals surface area contributed by atoms with Crippen LogP contribution < -0.4 is 5.43 Å². The highest BCUT2D eigenvalue weighted by Crippen LogP contribution is 2.24. The highest BCUT2D eigenvalue weighted by molar-refractivity contribution is 7.99. The Labute approximate surface area is 170 Å². The zero-order valence-electron chi connectivity index (χ0n) is 14.3. The number of amides is 1. The lowest BCUT2D eigenvalue weighted by Gasteiger charge is -2.04. The van der Waals surface area contributed by atoms with Crippen molar-refractivity contribution in [3.63, 3.8) is 0 Å². The van der Waals surface area contributed by atoms with Gasteiger partial charge in [0, 0.05) is 22.7 Å². The first-order valence-corrected chi connectivity index (χ1v) is 9.62. The van der Waals surface area contributed by atoms with Crippen LogP contribution >= 0.6 is 35.0 Å². The van der Waals surface area contributed by atoms with E-state index in [2.05, 4.69) is 20.7 Å². The molecular weight excluding hydrogens is 405 g/mol. The minimum absolute atomic E-state index is 0.161. The monoisotopic (exact) mass is 419 g/mol. The van der Waals surface area contributed by atoms with Crippen LogP contribution in [0.5, 0.6) is 0 Å². The van der Waals surface area contributed by atoms with E-state index in [0.29, 0.717) is 21.0 Å². The second kappa shape index (κ2) is 9.03. The maximum Gasteiger partial charge on any atom is 0.250 e. The molecule has 3 rings (SSSR count). The van der Waals surface area contributed by atoms with E-state index in [9.17, 15) is 4.79 Å². The third-order valence-electron chi connectivity index (χ3n) is 3.50. The molecule has 0 radical (unpaired) electrons. The Kier molecular flexibility index (Phi) is 6.49. The number of benzene rings is 2. The third-order valence-corrected chi connectivity index (χ3v) is 4.99. The van der Waals surface area contributed by atoms with Crippen LogP contribution in [0.3, 0.4) is 0 Å². The molecule has 0 bridgehead atoms. The number of nitrogens with one attached hydrogen (secondary N) is 1. The van der Waals surface area contributed by atoms with Crippen LogP contribution in [0.15, 0.2) is 58.8 Å². The second-order valence-corrected chi connectivity index (χ2v) is 7.33. The average Bonchev–Trinajstić information content (AvgIpc) is 3.01. The van der Waals surface area contributed by atoms with Crippen molar-refractivity contribution in [1.82, 2.24) is 20.2 Å². The van der Waals surface area contributed by atoms with Crippen LogP contribution in [0, 0.1) is 0 Å². The first-order valence-electron chi connectivity index (χ1n) is 7.88. The van der Waals surface area contributed by atoms with Gasteiger partial charge in [-0.3, -0.25) is 4.79 Å². The number of carbonyl (C=O) groups excluding carboxylic acids is 1. The zero-order chi connectivity index (χ0) is 19.2. The molecule has 0 fully saturated rings. The Hall–Kier alpha value is -2.35. The standard InChI is InChI=1S/C18H15Cl2N5OS/c1-25-17(13-5-3-7-15(20)9-13)23-24-18(25)27-11-16(26)22-21-10-12-4-2-6-14(19)8-12/h2-10H,11H2,1H3,(H,22,26)/b21-10-. The van der Waals surface area contributed by atoms with Gasteiger partial charge in [0.1, 0.15) is 0 Å². The smallest absolute Gasteiger partial charge is 0.250 e. The van der Waals surface area contributed by atoms with E-state index in [1.807, 2.05) is 41.9 Å². The van der Waals surface area contributed by atoms with E-state index >= 15 is 0 Å². The molecule has 1 aromatic heterocycles. The molecule has 2 aromatic carbocycles. The number of aromatic nitrogens is 3. The molecule has 1 heterocycles. The number of thioether (sulfide) groups is 1. The lowest BCUT2D eigenvalue weighted by Crippen LogP contribution is -2.19. The van der Waals surface area contributed by atoms with Crippen LogP contribution in [-0.2, 0) is 11.8 Å². The van der Waals surface area contributed by atoms with Gasteiger partial charge in [-0.1, -0.05) is 59.2 Å². The van der Waals surface area contributed by atoms with Crippen LogP contribution in [-0.4, -0.2) is 32.6 Å². The quantitative estimate of drug-likeness (QED) is 0.371. The maximum atomic E-state index is 12.0. The van der Waals surface area contributed by atoms with Gasteiger partial charge < -0.3 is 4.57 Å². The predicted octanol–water partition coefficient (Wildman–Crippen LogP) is 4.03. The van der Waals surface area contributed by atoms with Gasteiger partial charge in [-0.15, -0.1) is 10.2 Å². The van der Waals surface area contributed by atoms with E-state index in [1.54, 1.807) is 18.2 Å². The first kappa shape index (κ1) is 19.4. The van der Waals surface area contributed by atoms with Crippen molar-refractivity contribution in [3.05, 3.63) is 64.1 Å². The van der Waals surface area contributed by atoms with Crippen LogP contribution in [0.2, 0.25) is 10.0 Å². The van der Waals surface area contributed by atoms with Crippen molar-refractivity contribution in [2.75, 3.05) is 5.75 Å². The van der Waals surface area contributed by atoms with Crippen molar-refractivity contribution >= 4 is 47.1 Å². The second-order valence-electron chi connectivity index (χ2n) is 5.51. The van der Waals surface area contributed by atoms with Crippen molar-refractivity contribution in [3.8, 4) is 11.4 Å². The first-order chi connectivity index (χ1) is 13.0. The van der Waals surface area contributed by atoms with Gasteiger partial charge in [0.15, 0.2) is 11.0 Å². The Morgan fingerprint density at radius 2 is 1.93 bits per heavy atom. The van der Waals surface area contributed by atoms with Gasteiger partial charge in [-0.05, 0) is 29.8 Å². The number of rotatable bonds is 6. The van der Waals surface area contributed by atoms with Crippen molar-refractivity contribution < 1.29 is 4.79 Å². The minimum atomic E-state index is -0.245. The topological polar surface area (TPSA) is 72.2 Å². The molecule has 9 heteroatoms. The molecule has 1 amide bonds. The number of halogens is 2. The molecule has 0 saturated heterocycles. The number of hydrazone groups is 1. The lowest BCUT2D eigenvalue weighted by atomic mass is 10.2. The Balaban J connectivity index is 1.56. The van der Waals surface area contributed by atoms with Crippen LogP contribution in [0.25, 0.3) is 11.4 Å². The van der Waals surface area contributed by atoms with Crippen LogP contribution in [0.1, 0.15) is 5.56 Å². The summed E-state index contributed by atoms with van der Waals surface area (Å²) in [5.74, 6) is 0.596. The largest absolute Gasteiger partial charge is 0.305 e. The molecular formula is C18H15Cl2N5OS. The molecule has 0 saturated carbocycles. The molecule has 27 heavy (non-hydrogen) atoms. The Bertz CT molecular complexity index is 989. The van der Waals surface area contributed by atoms with E-state index < -0.39 is 0 Å². The van der Waals surface area contributed by atoms with Gasteiger partial charge in [0.05, 0.1) is 12.0 Å². The number of hydrogen-bond donors (Lipinski definition) is 1. The molecule has 0 unspecified atom stereocenters. The summed E-state index contributed by atoms with van der Waals surface area (Å²) < 4.78 is 1.82. The molecule has 0 spiro atoms. The molecule has 0 aliphatic carbocycles. The number of hydrogen-bond acceptors (Lipinski definition) is 5. The van der Waals surface area contributed by atoms with Gasteiger partial charge in [-0.25, -0.2) is 5.43 Å². The van der Waals surface area contributed by atoms with Crippen LogP contribution in [0.4, 0.5) is 0 Å². The van der Waals surface area contributed by atoms with Gasteiger partial charge >= 0.3 is 0 Å². The van der Waals surface area contributed by atoms with E-state index in [0.717, 1.165) is 11.1 Å². The molecule has 1 N–H and O–H groups in total. The normalized spacial score (nSPS) is 11.1. The zero-order valence-corrected chi connectivity index (χ0v) is 16.6. The highest BCUT2D eigenvalue weighted by Gasteiger charge is 2.13. The summed E-state index contributed by atoms with van der Waals surface area (Å²) in [6.07, 6.45) is 1.54. The highest BCUT2D eigenvalue weighted by atomic mass is 35.5. The van der Waals surface area contributed by atoms with Gasteiger partial charge in [0.2, 0.25) is 0 Å². The van der Waals surface area contributed by atoms with Crippen molar-refractivity contribution in [2.45, 2.75) is 5.16 Å². The third kappa shape index (κ3) is 5.32. The molecule has 0 atom stereocenters. The summed E-state index contributed by atoms with van der Waals surface area (Å²) in [6, 6.07) is 14.5. The molecule has 6 nitrogen and oxygen atoms in total. The SMILES string of the molecule is Cn1c(SCC(=O)N/N=C\c2cccc(Cl)c2)nnc1-c1cccc(Cl)c1. The summed E-state index contributed by atoms with van der Waals surface area (Å²) in [7, 11) is 1.84. The summed E-state index contributed by atoms with van der Waals surface area (Å²) in [4.78, 5) is 12.0. The minimum Gasteiger partial charge on any atom is -0.305 e. The lowest BCUT2D eigenvalue weighted by molar-refractivity contribution is -0.118. The summed E-state index contributed by atoms with van der Waals surface area (Å²) >= 11 is 13.2. The fourth-order valence-electron chi connectivity index (χ4n) is 2.25. The van der Waals surface area contributed by atoms with Crippen molar-refractivity contribution in [1.29, 1.82) is 0 Å². The summed E-state index contributed by atoms with van der Waals surface area (Å²) in [6.45, 7) is 0.